The summed E-state index contributed by atoms with van der Waals surface area (Å²) in [6, 6.07) is 10.5. The third-order valence-corrected chi connectivity index (χ3v) is 4.01. The molecule has 0 amide bonds. The van der Waals surface area contributed by atoms with Crippen molar-refractivity contribution in [2.75, 3.05) is 18.1 Å². The SMILES string of the molecule is CC1Cc2cc(Br)ccc2N(c2cccnc2)CCO1. The third kappa shape index (κ3) is 2.86. The Kier molecular flexibility index (Phi) is 4.03. The van der Waals surface area contributed by atoms with Gasteiger partial charge in [0.05, 0.1) is 24.6 Å². The minimum Gasteiger partial charge on any atom is -0.376 e. The van der Waals surface area contributed by atoms with Crippen molar-refractivity contribution in [1.29, 1.82) is 0 Å². The molecule has 0 bridgehead atoms. The minimum absolute atomic E-state index is 0.249. The van der Waals surface area contributed by atoms with Crippen molar-refractivity contribution < 1.29 is 4.74 Å². The summed E-state index contributed by atoms with van der Waals surface area (Å²) in [5, 5.41) is 0. The van der Waals surface area contributed by atoms with Gasteiger partial charge in [0.2, 0.25) is 0 Å². The molecule has 0 N–H and O–H groups in total. The highest BCUT2D eigenvalue weighted by atomic mass is 79.9. The van der Waals surface area contributed by atoms with E-state index < -0.39 is 0 Å². The molecule has 1 aromatic carbocycles. The molecule has 0 spiro atoms. The lowest BCUT2D eigenvalue weighted by Crippen LogP contribution is -2.29. The first-order valence-electron chi connectivity index (χ1n) is 6.81. The number of halogens is 1. The van der Waals surface area contributed by atoms with E-state index in [0.29, 0.717) is 0 Å². The maximum absolute atomic E-state index is 5.85. The first-order valence-corrected chi connectivity index (χ1v) is 7.61. The van der Waals surface area contributed by atoms with E-state index in [9.17, 15) is 0 Å². The Labute approximate surface area is 127 Å². The van der Waals surface area contributed by atoms with E-state index in [1.807, 2.05) is 12.3 Å². The smallest absolute Gasteiger partial charge is 0.0649 e. The fourth-order valence-electron chi connectivity index (χ4n) is 2.60. The lowest BCUT2D eigenvalue weighted by atomic mass is 10.0. The topological polar surface area (TPSA) is 25.4 Å². The van der Waals surface area contributed by atoms with Crippen LogP contribution in [-0.4, -0.2) is 24.2 Å². The molecule has 0 saturated carbocycles. The number of ether oxygens (including phenoxy) is 1. The number of anilines is 2. The molecular weight excluding hydrogens is 316 g/mol. The predicted molar refractivity (Wildman–Crippen MR) is 84.5 cm³/mol. The summed E-state index contributed by atoms with van der Waals surface area (Å²) in [6.07, 6.45) is 4.87. The van der Waals surface area contributed by atoms with Crippen molar-refractivity contribution in [2.45, 2.75) is 19.4 Å². The number of nitrogens with zero attached hydrogens (tertiary/aromatic N) is 2. The molecule has 2 heterocycles. The number of fused-ring (bicyclic) bond motifs is 1. The van der Waals surface area contributed by atoms with E-state index in [1.165, 1.54) is 11.3 Å². The number of hydrogen-bond acceptors (Lipinski definition) is 3. The fourth-order valence-corrected chi connectivity index (χ4v) is 3.01. The van der Waals surface area contributed by atoms with Crippen molar-refractivity contribution in [1.82, 2.24) is 4.98 Å². The average molecular weight is 333 g/mol. The molecule has 3 rings (SSSR count). The largest absolute Gasteiger partial charge is 0.376 e. The van der Waals surface area contributed by atoms with Crippen molar-refractivity contribution in [3.8, 4) is 0 Å². The summed E-state index contributed by atoms with van der Waals surface area (Å²) in [5.74, 6) is 0. The van der Waals surface area contributed by atoms with E-state index in [0.717, 1.165) is 29.7 Å². The minimum atomic E-state index is 0.249. The predicted octanol–water partition coefficient (Wildman–Crippen LogP) is 3.94. The number of pyridine rings is 1. The Balaban J connectivity index is 2.06. The Morgan fingerprint density at radius 2 is 2.25 bits per heavy atom. The number of benzene rings is 1. The average Bonchev–Trinajstić information content (AvgIpc) is 2.44. The zero-order valence-electron chi connectivity index (χ0n) is 11.4. The third-order valence-electron chi connectivity index (χ3n) is 3.51. The summed E-state index contributed by atoms with van der Waals surface area (Å²) in [7, 11) is 0. The first kappa shape index (κ1) is 13.6. The molecule has 1 aliphatic rings. The summed E-state index contributed by atoms with van der Waals surface area (Å²) >= 11 is 3.56. The van der Waals surface area contributed by atoms with E-state index in [4.69, 9.17) is 4.74 Å². The molecule has 1 aromatic heterocycles. The van der Waals surface area contributed by atoms with Crippen LogP contribution < -0.4 is 4.90 Å². The number of aromatic nitrogens is 1. The van der Waals surface area contributed by atoms with E-state index in [-0.39, 0.29) is 6.10 Å². The van der Waals surface area contributed by atoms with Crippen LogP contribution in [0.4, 0.5) is 11.4 Å². The summed E-state index contributed by atoms with van der Waals surface area (Å²) in [4.78, 5) is 6.51. The van der Waals surface area contributed by atoms with Crippen LogP contribution in [0.2, 0.25) is 0 Å². The Bertz CT molecular complexity index is 588. The molecule has 1 aliphatic heterocycles. The summed E-state index contributed by atoms with van der Waals surface area (Å²) in [6.45, 7) is 3.70. The van der Waals surface area contributed by atoms with Gasteiger partial charge in [0.25, 0.3) is 0 Å². The van der Waals surface area contributed by atoms with Crippen LogP contribution in [0.5, 0.6) is 0 Å². The molecule has 20 heavy (non-hydrogen) atoms. The van der Waals surface area contributed by atoms with Crippen molar-refractivity contribution >= 4 is 27.3 Å². The number of hydrogen-bond donors (Lipinski definition) is 0. The maximum Gasteiger partial charge on any atom is 0.0649 e. The van der Waals surface area contributed by atoms with Gasteiger partial charge in [0.15, 0.2) is 0 Å². The van der Waals surface area contributed by atoms with Gasteiger partial charge in [0.1, 0.15) is 0 Å². The second-order valence-electron chi connectivity index (χ2n) is 5.02. The zero-order valence-corrected chi connectivity index (χ0v) is 13.0. The van der Waals surface area contributed by atoms with Crippen LogP contribution >= 0.6 is 15.9 Å². The molecule has 1 atom stereocenters. The van der Waals surface area contributed by atoms with E-state index in [2.05, 4.69) is 57.0 Å². The van der Waals surface area contributed by atoms with Gasteiger partial charge in [-0.2, -0.15) is 0 Å². The monoisotopic (exact) mass is 332 g/mol. The second-order valence-corrected chi connectivity index (χ2v) is 5.94. The highest BCUT2D eigenvalue weighted by molar-refractivity contribution is 9.10. The van der Waals surface area contributed by atoms with Gasteiger partial charge in [-0.25, -0.2) is 0 Å². The van der Waals surface area contributed by atoms with Crippen LogP contribution in [0.3, 0.4) is 0 Å². The van der Waals surface area contributed by atoms with E-state index >= 15 is 0 Å². The summed E-state index contributed by atoms with van der Waals surface area (Å²) < 4.78 is 6.96. The maximum atomic E-state index is 5.85. The first-order chi connectivity index (χ1) is 9.74. The molecule has 0 saturated heterocycles. The van der Waals surface area contributed by atoms with Gasteiger partial charge in [-0.3, -0.25) is 4.98 Å². The highest BCUT2D eigenvalue weighted by Gasteiger charge is 2.19. The van der Waals surface area contributed by atoms with E-state index in [1.54, 1.807) is 6.20 Å². The van der Waals surface area contributed by atoms with Crippen LogP contribution in [0.25, 0.3) is 0 Å². The standard InChI is InChI=1S/C16H17BrN2O/c1-12-9-13-10-14(17)4-5-16(13)19(7-8-20-12)15-3-2-6-18-11-15/h2-6,10-12H,7-9H2,1H3. The van der Waals surface area contributed by atoms with Crippen molar-refractivity contribution in [3.05, 3.63) is 52.8 Å². The van der Waals surface area contributed by atoms with Crippen LogP contribution in [0.1, 0.15) is 12.5 Å². The lowest BCUT2D eigenvalue weighted by Gasteiger charge is -2.31. The Morgan fingerprint density at radius 1 is 1.35 bits per heavy atom. The van der Waals surface area contributed by atoms with Gasteiger partial charge in [-0.05, 0) is 42.8 Å². The van der Waals surface area contributed by atoms with Crippen molar-refractivity contribution in [3.63, 3.8) is 0 Å². The van der Waals surface area contributed by atoms with Gasteiger partial charge in [0, 0.05) is 29.3 Å². The van der Waals surface area contributed by atoms with Crippen molar-refractivity contribution in [2.24, 2.45) is 0 Å². The molecular formula is C16H17BrN2O. The molecule has 104 valence electrons. The second kappa shape index (κ2) is 5.94. The summed E-state index contributed by atoms with van der Waals surface area (Å²) in [5.41, 5.74) is 3.65. The molecule has 0 radical (unpaired) electrons. The molecule has 4 heteroatoms. The fraction of sp³-hybridized carbons (Fsp3) is 0.312. The normalized spacial score (nSPS) is 19.1. The lowest BCUT2D eigenvalue weighted by molar-refractivity contribution is 0.0703. The van der Waals surface area contributed by atoms with Gasteiger partial charge in [-0.15, -0.1) is 0 Å². The van der Waals surface area contributed by atoms with Crippen LogP contribution in [-0.2, 0) is 11.2 Å². The molecule has 0 fully saturated rings. The quantitative estimate of drug-likeness (QED) is 0.790. The van der Waals surface area contributed by atoms with Crippen LogP contribution in [0.15, 0.2) is 47.2 Å². The van der Waals surface area contributed by atoms with Crippen LogP contribution in [0, 0.1) is 0 Å². The molecule has 3 nitrogen and oxygen atoms in total. The zero-order chi connectivity index (χ0) is 13.9. The van der Waals surface area contributed by atoms with Gasteiger partial charge < -0.3 is 9.64 Å². The van der Waals surface area contributed by atoms with Gasteiger partial charge in [-0.1, -0.05) is 15.9 Å². The Morgan fingerprint density at radius 3 is 3.05 bits per heavy atom. The molecule has 1 unspecified atom stereocenters. The number of rotatable bonds is 1. The highest BCUT2D eigenvalue weighted by Crippen LogP contribution is 2.32. The molecule has 0 aliphatic carbocycles. The van der Waals surface area contributed by atoms with Gasteiger partial charge >= 0.3 is 0 Å². The molecule has 2 aromatic rings. The Hall–Kier alpha value is -1.39.